The van der Waals surface area contributed by atoms with Crippen molar-refractivity contribution in [3.05, 3.63) is 47.8 Å². The number of carbonyl (C=O) groups is 2. The van der Waals surface area contributed by atoms with E-state index in [0.29, 0.717) is 11.3 Å². The summed E-state index contributed by atoms with van der Waals surface area (Å²) in [6.07, 6.45) is 1.49. The lowest BCUT2D eigenvalue weighted by atomic mass is 10.1. The van der Waals surface area contributed by atoms with Gasteiger partial charge in [-0.2, -0.15) is 5.10 Å². The molecule has 7 nitrogen and oxygen atoms in total. The number of benzene rings is 1. The molecule has 1 aliphatic heterocycles. The lowest BCUT2D eigenvalue weighted by Crippen LogP contribution is -2.28. The van der Waals surface area contributed by atoms with Crippen LogP contribution >= 0.6 is 0 Å². The van der Waals surface area contributed by atoms with Gasteiger partial charge in [0.15, 0.2) is 5.65 Å². The van der Waals surface area contributed by atoms with Gasteiger partial charge in [0.2, 0.25) is 11.8 Å². The van der Waals surface area contributed by atoms with Crippen molar-refractivity contribution in [3.8, 4) is 0 Å². The molecule has 28 heavy (non-hydrogen) atoms. The van der Waals surface area contributed by atoms with E-state index >= 15 is 0 Å². The minimum atomic E-state index is -0.776. The number of fused-ring (bicyclic) bond motifs is 1. The zero-order valence-electron chi connectivity index (χ0n) is 15.2. The van der Waals surface area contributed by atoms with E-state index in [-0.39, 0.29) is 30.5 Å². The standard InChI is InChI=1S/C19H17F2N5O2/c1-10-16-7-14(8-22-18(16)25(2)24-10)23-19(28)11-3-17(27)26(9-11)15-5-12(20)4-13(21)6-15/h4-8,11H,3,9H2,1-2H3,(H,23,28). The Labute approximate surface area is 159 Å². The largest absolute Gasteiger partial charge is 0.324 e. The van der Waals surface area contributed by atoms with Gasteiger partial charge in [-0.15, -0.1) is 0 Å². The van der Waals surface area contributed by atoms with Gasteiger partial charge in [0, 0.05) is 37.2 Å². The molecule has 1 aromatic carbocycles. The Kier molecular flexibility index (Phi) is 4.29. The van der Waals surface area contributed by atoms with Crippen molar-refractivity contribution in [1.29, 1.82) is 0 Å². The predicted molar refractivity (Wildman–Crippen MR) is 98.7 cm³/mol. The molecule has 0 bridgehead atoms. The molecule has 4 rings (SSSR count). The normalized spacial score (nSPS) is 16.8. The Morgan fingerprint density at radius 1 is 1.21 bits per heavy atom. The molecular weight excluding hydrogens is 368 g/mol. The van der Waals surface area contributed by atoms with E-state index in [1.165, 1.54) is 11.1 Å². The van der Waals surface area contributed by atoms with Crippen LogP contribution in [0.5, 0.6) is 0 Å². The van der Waals surface area contributed by atoms with Gasteiger partial charge in [0.25, 0.3) is 0 Å². The van der Waals surface area contributed by atoms with Crippen LogP contribution in [-0.4, -0.2) is 33.1 Å². The van der Waals surface area contributed by atoms with Gasteiger partial charge >= 0.3 is 0 Å². The van der Waals surface area contributed by atoms with Crippen LogP contribution in [0.25, 0.3) is 11.0 Å². The SMILES string of the molecule is Cc1nn(C)c2ncc(NC(=O)C3CC(=O)N(c4cc(F)cc(F)c4)C3)cc12. The molecule has 0 saturated carbocycles. The summed E-state index contributed by atoms with van der Waals surface area (Å²) in [7, 11) is 1.79. The van der Waals surface area contributed by atoms with Crippen LogP contribution in [-0.2, 0) is 16.6 Å². The summed E-state index contributed by atoms with van der Waals surface area (Å²) in [5.74, 6) is -2.90. The number of nitrogens with zero attached hydrogens (tertiary/aromatic N) is 4. The van der Waals surface area contributed by atoms with Gasteiger partial charge in [-0.3, -0.25) is 14.3 Å². The van der Waals surface area contributed by atoms with E-state index in [4.69, 9.17) is 0 Å². The number of aromatic nitrogens is 3. The number of pyridine rings is 1. The minimum Gasteiger partial charge on any atom is -0.324 e. The Bertz CT molecular complexity index is 1090. The van der Waals surface area contributed by atoms with Crippen molar-refractivity contribution < 1.29 is 18.4 Å². The van der Waals surface area contributed by atoms with E-state index in [1.807, 2.05) is 6.92 Å². The second-order valence-electron chi connectivity index (χ2n) is 6.83. The number of aryl methyl sites for hydroxylation is 2. The average molecular weight is 385 g/mol. The molecule has 1 aliphatic rings. The number of hydrogen-bond donors (Lipinski definition) is 1. The molecule has 1 atom stereocenters. The second kappa shape index (κ2) is 6.66. The maximum Gasteiger partial charge on any atom is 0.229 e. The Morgan fingerprint density at radius 3 is 2.64 bits per heavy atom. The number of anilines is 2. The number of amides is 2. The Balaban J connectivity index is 1.51. The van der Waals surface area contributed by atoms with E-state index in [0.717, 1.165) is 29.3 Å². The predicted octanol–water partition coefficient (Wildman–Crippen LogP) is 2.55. The van der Waals surface area contributed by atoms with Crippen LogP contribution in [0, 0.1) is 24.5 Å². The summed E-state index contributed by atoms with van der Waals surface area (Å²) in [4.78, 5) is 30.4. The fraction of sp³-hybridized carbons (Fsp3) is 0.263. The van der Waals surface area contributed by atoms with Crippen molar-refractivity contribution in [3.63, 3.8) is 0 Å². The molecule has 3 heterocycles. The third-order valence-corrected chi connectivity index (χ3v) is 4.79. The van der Waals surface area contributed by atoms with Crippen molar-refractivity contribution in [2.24, 2.45) is 13.0 Å². The molecule has 1 saturated heterocycles. The van der Waals surface area contributed by atoms with Crippen LogP contribution in [0.4, 0.5) is 20.2 Å². The molecule has 0 spiro atoms. The van der Waals surface area contributed by atoms with Crippen LogP contribution in [0.3, 0.4) is 0 Å². The third kappa shape index (κ3) is 3.19. The molecule has 3 aromatic rings. The van der Waals surface area contributed by atoms with E-state index in [9.17, 15) is 18.4 Å². The molecule has 2 aromatic heterocycles. The van der Waals surface area contributed by atoms with Crippen molar-refractivity contribution in [2.75, 3.05) is 16.8 Å². The summed E-state index contributed by atoms with van der Waals surface area (Å²) in [6.45, 7) is 1.90. The smallest absolute Gasteiger partial charge is 0.229 e. The lowest BCUT2D eigenvalue weighted by Gasteiger charge is -2.17. The lowest BCUT2D eigenvalue weighted by molar-refractivity contribution is -0.122. The van der Waals surface area contributed by atoms with Gasteiger partial charge < -0.3 is 10.2 Å². The highest BCUT2D eigenvalue weighted by Crippen LogP contribution is 2.28. The third-order valence-electron chi connectivity index (χ3n) is 4.79. The van der Waals surface area contributed by atoms with E-state index in [1.54, 1.807) is 17.8 Å². The molecule has 1 unspecified atom stereocenters. The fourth-order valence-corrected chi connectivity index (χ4v) is 3.45. The molecule has 144 valence electrons. The molecule has 1 N–H and O–H groups in total. The molecule has 0 radical (unpaired) electrons. The first-order valence-corrected chi connectivity index (χ1v) is 8.68. The number of halogens is 2. The first-order valence-electron chi connectivity index (χ1n) is 8.68. The van der Waals surface area contributed by atoms with Gasteiger partial charge in [-0.25, -0.2) is 13.8 Å². The fourth-order valence-electron chi connectivity index (χ4n) is 3.45. The summed E-state index contributed by atoms with van der Waals surface area (Å²) in [5.41, 5.74) is 2.09. The van der Waals surface area contributed by atoms with Gasteiger partial charge in [0.05, 0.1) is 23.5 Å². The number of hydrogen-bond acceptors (Lipinski definition) is 4. The summed E-state index contributed by atoms with van der Waals surface area (Å²) in [5, 5.41) is 7.87. The summed E-state index contributed by atoms with van der Waals surface area (Å²) < 4.78 is 28.5. The van der Waals surface area contributed by atoms with E-state index in [2.05, 4.69) is 15.4 Å². The quantitative estimate of drug-likeness (QED) is 0.751. The molecule has 0 aliphatic carbocycles. The minimum absolute atomic E-state index is 0.0362. The van der Waals surface area contributed by atoms with Gasteiger partial charge in [-0.05, 0) is 25.1 Å². The highest BCUT2D eigenvalue weighted by Gasteiger charge is 2.35. The van der Waals surface area contributed by atoms with Crippen LogP contribution in [0.15, 0.2) is 30.5 Å². The second-order valence-corrected chi connectivity index (χ2v) is 6.83. The monoisotopic (exact) mass is 385 g/mol. The average Bonchev–Trinajstić information content (AvgIpc) is 3.14. The molecule has 2 amide bonds. The number of carbonyl (C=O) groups excluding carboxylic acids is 2. The topological polar surface area (TPSA) is 80.1 Å². The molecule has 1 fully saturated rings. The van der Waals surface area contributed by atoms with Crippen molar-refractivity contribution in [1.82, 2.24) is 14.8 Å². The Hall–Kier alpha value is -3.36. The van der Waals surface area contributed by atoms with Crippen LogP contribution < -0.4 is 10.2 Å². The van der Waals surface area contributed by atoms with Crippen molar-refractivity contribution in [2.45, 2.75) is 13.3 Å². The number of nitrogens with one attached hydrogen (secondary N) is 1. The van der Waals surface area contributed by atoms with Crippen LogP contribution in [0.1, 0.15) is 12.1 Å². The van der Waals surface area contributed by atoms with Gasteiger partial charge in [-0.1, -0.05) is 0 Å². The summed E-state index contributed by atoms with van der Waals surface area (Å²) >= 11 is 0. The van der Waals surface area contributed by atoms with Gasteiger partial charge in [0.1, 0.15) is 11.6 Å². The first kappa shape index (κ1) is 18.0. The zero-order valence-corrected chi connectivity index (χ0v) is 15.2. The maximum absolute atomic E-state index is 13.4. The maximum atomic E-state index is 13.4. The Morgan fingerprint density at radius 2 is 1.93 bits per heavy atom. The highest BCUT2D eigenvalue weighted by atomic mass is 19.1. The van der Waals surface area contributed by atoms with Crippen LogP contribution in [0.2, 0.25) is 0 Å². The number of rotatable bonds is 3. The van der Waals surface area contributed by atoms with E-state index < -0.39 is 17.6 Å². The molecular formula is C19H17F2N5O2. The highest BCUT2D eigenvalue weighted by molar-refractivity contribution is 6.03. The zero-order chi connectivity index (χ0) is 20.0. The first-order chi connectivity index (χ1) is 13.3. The van der Waals surface area contributed by atoms with Crippen molar-refractivity contribution >= 4 is 34.2 Å². The molecule has 9 heteroatoms. The summed E-state index contributed by atoms with van der Waals surface area (Å²) in [6, 6.07) is 4.66.